The van der Waals surface area contributed by atoms with E-state index in [1.165, 1.54) is 0 Å². The second kappa shape index (κ2) is 4.52. The summed E-state index contributed by atoms with van der Waals surface area (Å²) in [4.78, 5) is 16.8. The van der Waals surface area contributed by atoms with E-state index < -0.39 is 5.60 Å². The van der Waals surface area contributed by atoms with Gasteiger partial charge in [-0.2, -0.15) is 0 Å². The highest BCUT2D eigenvalue weighted by atomic mass is 16.6. The first-order chi connectivity index (χ1) is 6.94. The van der Waals surface area contributed by atoms with Crippen molar-refractivity contribution in [2.75, 3.05) is 13.1 Å². The van der Waals surface area contributed by atoms with Gasteiger partial charge in [0, 0.05) is 6.54 Å². The Hall–Kier alpha value is -1.24. The third kappa shape index (κ3) is 3.43. The Bertz CT molecular complexity index is 275. The van der Waals surface area contributed by atoms with Crippen LogP contribution in [0.2, 0.25) is 0 Å². The van der Waals surface area contributed by atoms with Gasteiger partial charge < -0.3 is 9.58 Å². The third-order valence-electron chi connectivity index (χ3n) is 2.31. The number of rotatable bonds is 1. The summed E-state index contributed by atoms with van der Waals surface area (Å²) in [5, 5.41) is 0. The summed E-state index contributed by atoms with van der Waals surface area (Å²) >= 11 is 0. The molecule has 1 saturated heterocycles. The SMILES string of the molecule is [C-]#[N+]C[C@H]1CCCN1C(=O)OC(C)(C)C. The van der Waals surface area contributed by atoms with Crippen LogP contribution in [0.3, 0.4) is 0 Å². The number of carbonyl (C=O) groups excluding carboxylic acids is 1. The van der Waals surface area contributed by atoms with Crippen molar-refractivity contribution in [1.29, 1.82) is 0 Å². The highest BCUT2D eigenvalue weighted by molar-refractivity contribution is 5.69. The van der Waals surface area contributed by atoms with Crippen LogP contribution in [0.15, 0.2) is 0 Å². The molecule has 0 N–H and O–H groups in total. The Labute approximate surface area is 91.0 Å². The summed E-state index contributed by atoms with van der Waals surface area (Å²) < 4.78 is 5.28. The smallest absolute Gasteiger partial charge is 0.410 e. The van der Waals surface area contributed by atoms with E-state index in [0.29, 0.717) is 6.54 Å². The Balaban J connectivity index is 2.56. The first kappa shape index (κ1) is 11.8. The van der Waals surface area contributed by atoms with Crippen LogP contribution in [0.4, 0.5) is 4.79 Å². The average molecular weight is 210 g/mol. The van der Waals surface area contributed by atoms with Gasteiger partial charge in [-0.25, -0.2) is 11.4 Å². The quantitative estimate of drug-likeness (QED) is 0.622. The van der Waals surface area contributed by atoms with Crippen LogP contribution >= 0.6 is 0 Å². The van der Waals surface area contributed by atoms with Crippen molar-refractivity contribution >= 4 is 6.09 Å². The lowest BCUT2D eigenvalue weighted by atomic mass is 10.2. The zero-order chi connectivity index (χ0) is 11.5. The van der Waals surface area contributed by atoms with E-state index in [1.807, 2.05) is 20.8 Å². The molecule has 4 nitrogen and oxygen atoms in total. The maximum absolute atomic E-state index is 11.7. The molecule has 84 valence electrons. The van der Waals surface area contributed by atoms with Crippen LogP contribution in [-0.4, -0.2) is 35.7 Å². The summed E-state index contributed by atoms with van der Waals surface area (Å²) in [6, 6.07) is 0.0531. The highest BCUT2D eigenvalue weighted by Crippen LogP contribution is 2.20. The molecule has 1 heterocycles. The number of hydrogen-bond acceptors (Lipinski definition) is 2. The first-order valence-corrected chi connectivity index (χ1v) is 5.27. The maximum Gasteiger partial charge on any atom is 0.410 e. The van der Waals surface area contributed by atoms with E-state index >= 15 is 0 Å². The second-order valence-electron chi connectivity index (χ2n) is 4.81. The van der Waals surface area contributed by atoms with Crippen LogP contribution in [-0.2, 0) is 4.74 Å². The molecule has 1 aliphatic rings. The van der Waals surface area contributed by atoms with E-state index in [0.717, 1.165) is 19.4 Å². The lowest BCUT2D eigenvalue weighted by molar-refractivity contribution is 0.0237. The molecule has 0 aromatic carbocycles. The first-order valence-electron chi connectivity index (χ1n) is 5.27. The van der Waals surface area contributed by atoms with Gasteiger partial charge in [0.1, 0.15) is 11.6 Å². The van der Waals surface area contributed by atoms with Gasteiger partial charge in [0.05, 0.1) is 0 Å². The molecule has 1 fully saturated rings. The summed E-state index contributed by atoms with van der Waals surface area (Å²) in [6.07, 6.45) is 1.61. The predicted octanol–water partition coefficient (Wildman–Crippen LogP) is 2.31. The second-order valence-corrected chi connectivity index (χ2v) is 4.81. The number of amides is 1. The van der Waals surface area contributed by atoms with E-state index in [9.17, 15) is 4.79 Å². The van der Waals surface area contributed by atoms with Gasteiger partial charge in [-0.05, 0) is 33.6 Å². The maximum atomic E-state index is 11.7. The standard InChI is InChI=1S/C11H18N2O2/c1-11(2,3)15-10(14)13-7-5-6-9(13)8-12-4/h9H,5-8H2,1-3H3/t9-/m1/s1. The fourth-order valence-corrected chi connectivity index (χ4v) is 1.69. The molecule has 15 heavy (non-hydrogen) atoms. The number of carbonyl (C=O) groups is 1. The predicted molar refractivity (Wildman–Crippen MR) is 57.4 cm³/mol. The lowest BCUT2D eigenvalue weighted by Crippen LogP contribution is -2.40. The third-order valence-corrected chi connectivity index (χ3v) is 2.31. The van der Waals surface area contributed by atoms with E-state index in [1.54, 1.807) is 4.90 Å². The van der Waals surface area contributed by atoms with Crippen LogP contribution in [0.5, 0.6) is 0 Å². The zero-order valence-electron chi connectivity index (χ0n) is 9.62. The molecule has 1 rings (SSSR count). The molecule has 0 aliphatic carbocycles. The van der Waals surface area contributed by atoms with Gasteiger partial charge in [0.2, 0.25) is 6.54 Å². The van der Waals surface area contributed by atoms with Gasteiger partial charge in [-0.15, -0.1) is 0 Å². The molecule has 0 unspecified atom stereocenters. The average Bonchev–Trinajstić information content (AvgIpc) is 2.49. The number of likely N-dealkylation sites (tertiary alicyclic amines) is 1. The number of ether oxygens (including phenoxy) is 1. The molecule has 0 aromatic heterocycles. The molecule has 0 spiro atoms. The van der Waals surface area contributed by atoms with Gasteiger partial charge in [-0.3, -0.25) is 4.90 Å². The van der Waals surface area contributed by atoms with Crippen molar-refractivity contribution in [1.82, 2.24) is 4.90 Å². The minimum absolute atomic E-state index is 0.0531. The normalized spacial score (nSPS) is 21.2. The number of hydrogen-bond donors (Lipinski definition) is 0. The molecule has 0 saturated carbocycles. The molecule has 1 amide bonds. The van der Waals surface area contributed by atoms with Gasteiger partial charge in [0.15, 0.2) is 0 Å². The molecule has 4 heteroatoms. The summed E-state index contributed by atoms with van der Waals surface area (Å²) in [5.41, 5.74) is -0.456. The lowest BCUT2D eigenvalue weighted by Gasteiger charge is -2.26. The van der Waals surface area contributed by atoms with Gasteiger partial charge in [0.25, 0.3) is 0 Å². The minimum atomic E-state index is -0.456. The van der Waals surface area contributed by atoms with E-state index in [-0.39, 0.29) is 12.1 Å². The molecular formula is C11H18N2O2. The monoisotopic (exact) mass is 210 g/mol. The Kier molecular flexibility index (Phi) is 3.57. The van der Waals surface area contributed by atoms with Crippen molar-refractivity contribution in [3.63, 3.8) is 0 Å². The van der Waals surface area contributed by atoms with Crippen LogP contribution in [0, 0.1) is 6.57 Å². The van der Waals surface area contributed by atoms with Crippen molar-refractivity contribution < 1.29 is 9.53 Å². The largest absolute Gasteiger partial charge is 0.444 e. The van der Waals surface area contributed by atoms with E-state index in [4.69, 9.17) is 11.3 Å². The minimum Gasteiger partial charge on any atom is -0.444 e. The topological polar surface area (TPSA) is 33.9 Å². The summed E-state index contributed by atoms with van der Waals surface area (Å²) in [6.45, 7) is 13.5. The van der Waals surface area contributed by atoms with Crippen molar-refractivity contribution in [2.45, 2.75) is 45.3 Å². The fraction of sp³-hybridized carbons (Fsp3) is 0.818. The van der Waals surface area contributed by atoms with Crippen molar-refractivity contribution in [3.8, 4) is 0 Å². The van der Waals surface area contributed by atoms with Crippen LogP contribution in [0.25, 0.3) is 4.85 Å². The van der Waals surface area contributed by atoms with Crippen molar-refractivity contribution in [3.05, 3.63) is 11.4 Å². The molecular weight excluding hydrogens is 192 g/mol. The fourth-order valence-electron chi connectivity index (χ4n) is 1.69. The molecule has 0 radical (unpaired) electrons. The molecule has 0 aromatic rings. The van der Waals surface area contributed by atoms with Crippen LogP contribution < -0.4 is 0 Å². The summed E-state index contributed by atoms with van der Waals surface area (Å²) in [7, 11) is 0. The molecule has 0 bridgehead atoms. The highest BCUT2D eigenvalue weighted by Gasteiger charge is 2.33. The van der Waals surface area contributed by atoms with E-state index in [2.05, 4.69) is 4.85 Å². The van der Waals surface area contributed by atoms with Gasteiger partial charge in [-0.1, -0.05) is 0 Å². The molecule has 1 atom stereocenters. The summed E-state index contributed by atoms with van der Waals surface area (Å²) in [5.74, 6) is 0. The Morgan fingerprint density at radius 1 is 1.60 bits per heavy atom. The van der Waals surface area contributed by atoms with Crippen molar-refractivity contribution in [2.24, 2.45) is 0 Å². The van der Waals surface area contributed by atoms with Crippen LogP contribution in [0.1, 0.15) is 33.6 Å². The zero-order valence-corrected chi connectivity index (χ0v) is 9.62. The number of nitrogens with zero attached hydrogens (tertiary/aromatic N) is 2. The Morgan fingerprint density at radius 3 is 2.80 bits per heavy atom. The van der Waals surface area contributed by atoms with Gasteiger partial charge >= 0.3 is 6.09 Å². The Morgan fingerprint density at radius 2 is 2.27 bits per heavy atom. The molecule has 1 aliphatic heterocycles.